The van der Waals surface area contributed by atoms with Gasteiger partial charge in [-0.1, -0.05) is 18.2 Å². The lowest BCUT2D eigenvalue weighted by Gasteiger charge is -2.34. The van der Waals surface area contributed by atoms with Crippen molar-refractivity contribution in [1.82, 2.24) is 10.2 Å². The quantitative estimate of drug-likeness (QED) is 0.813. The number of halogens is 1. The Bertz CT molecular complexity index is 901. The van der Waals surface area contributed by atoms with Gasteiger partial charge in [0.2, 0.25) is 0 Å². The van der Waals surface area contributed by atoms with Crippen LogP contribution in [-0.2, 0) is 10.0 Å². The molecule has 2 aromatic carbocycles. The van der Waals surface area contributed by atoms with Gasteiger partial charge in [-0.3, -0.25) is 9.52 Å². The van der Waals surface area contributed by atoms with Crippen molar-refractivity contribution in [2.24, 2.45) is 0 Å². The van der Waals surface area contributed by atoms with E-state index in [0.29, 0.717) is 17.8 Å². The van der Waals surface area contributed by atoms with Gasteiger partial charge in [0.05, 0.1) is 10.6 Å². The van der Waals surface area contributed by atoms with Crippen molar-refractivity contribution < 1.29 is 13.2 Å². The van der Waals surface area contributed by atoms with Gasteiger partial charge in [0, 0.05) is 31.2 Å². The van der Waals surface area contributed by atoms with Crippen LogP contribution >= 0.6 is 12.4 Å². The van der Waals surface area contributed by atoms with Crippen molar-refractivity contribution in [3.63, 3.8) is 0 Å². The number of benzene rings is 2. The molecule has 1 saturated heterocycles. The fraction of sp³-hybridized carbons (Fsp3) is 0.316. The van der Waals surface area contributed by atoms with Crippen LogP contribution in [0.3, 0.4) is 0 Å². The third-order valence-corrected chi connectivity index (χ3v) is 5.94. The molecule has 0 saturated carbocycles. The lowest BCUT2D eigenvalue weighted by Crippen LogP contribution is -2.52. The van der Waals surface area contributed by atoms with E-state index in [1.807, 2.05) is 30.9 Å². The molecule has 1 atom stereocenters. The van der Waals surface area contributed by atoms with Crippen LogP contribution in [-0.4, -0.2) is 44.9 Å². The average Bonchev–Trinajstić information content (AvgIpc) is 2.63. The van der Waals surface area contributed by atoms with Crippen LogP contribution in [0.15, 0.2) is 53.4 Å². The van der Waals surface area contributed by atoms with Crippen LogP contribution < -0.4 is 10.0 Å². The first kappa shape index (κ1) is 21.2. The Kier molecular flexibility index (Phi) is 6.86. The summed E-state index contributed by atoms with van der Waals surface area (Å²) < 4.78 is 27.7. The highest BCUT2D eigenvalue weighted by atomic mass is 35.5. The molecule has 0 spiro atoms. The molecule has 3 rings (SSSR count). The Morgan fingerprint density at radius 2 is 1.81 bits per heavy atom. The Labute approximate surface area is 166 Å². The maximum Gasteiger partial charge on any atom is 0.261 e. The molecule has 2 aromatic rings. The highest BCUT2D eigenvalue weighted by Gasteiger charge is 2.24. The highest BCUT2D eigenvalue weighted by molar-refractivity contribution is 7.92. The number of carbonyl (C=O) groups is 1. The second-order valence-electron chi connectivity index (χ2n) is 6.50. The molecule has 0 bridgehead atoms. The molecule has 1 aliphatic rings. The van der Waals surface area contributed by atoms with E-state index in [1.54, 1.807) is 24.3 Å². The summed E-state index contributed by atoms with van der Waals surface area (Å²) in [5.41, 5.74) is 1.88. The van der Waals surface area contributed by atoms with Gasteiger partial charge >= 0.3 is 0 Å². The van der Waals surface area contributed by atoms with Crippen molar-refractivity contribution in [2.75, 3.05) is 24.4 Å². The predicted molar refractivity (Wildman–Crippen MR) is 109 cm³/mol. The number of aryl methyl sites for hydroxylation is 1. The molecular weight excluding hydrogens is 386 g/mol. The zero-order valence-electron chi connectivity index (χ0n) is 15.3. The van der Waals surface area contributed by atoms with Crippen LogP contribution in [0.2, 0.25) is 0 Å². The SMILES string of the molecule is Cc1ccccc1NS(=O)(=O)c1ccc(C(=O)N2CCNCC2C)cc1.Cl. The number of hydrogen-bond donors (Lipinski definition) is 2. The second kappa shape index (κ2) is 8.73. The molecular formula is C19H24ClN3O3S. The van der Waals surface area contributed by atoms with Gasteiger partial charge in [-0.05, 0) is 49.7 Å². The Balaban J connectivity index is 0.00000261. The summed E-state index contributed by atoms with van der Waals surface area (Å²) in [7, 11) is -3.70. The molecule has 2 N–H and O–H groups in total. The van der Waals surface area contributed by atoms with Crippen LogP contribution in [0.4, 0.5) is 5.69 Å². The van der Waals surface area contributed by atoms with E-state index in [9.17, 15) is 13.2 Å². The van der Waals surface area contributed by atoms with E-state index in [1.165, 1.54) is 12.1 Å². The molecule has 1 unspecified atom stereocenters. The number of nitrogens with one attached hydrogen (secondary N) is 2. The summed E-state index contributed by atoms with van der Waals surface area (Å²) >= 11 is 0. The minimum atomic E-state index is -3.70. The molecule has 6 nitrogen and oxygen atoms in total. The first-order valence-electron chi connectivity index (χ1n) is 8.59. The Morgan fingerprint density at radius 3 is 2.44 bits per heavy atom. The molecule has 1 aliphatic heterocycles. The van der Waals surface area contributed by atoms with E-state index in [4.69, 9.17) is 0 Å². The molecule has 1 fully saturated rings. The van der Waals surface area contributed by atoms with Gasteiger partial charge in [0.1, 0.15) is 0 Å². The smallest absolute Gasteiger partial charge is 0.261 e. The monoisotopic (exact) mass is 409 g/mol. The van der Waals surface area contributed by atoms with E-state index in [0.717, 1.165) is 18.7 Å². The van der Waals surface area contributed by atoms with Crippen molar-refractivity contribution in [3.05, 3.63) is 59.7 Å². The van der Waals surface area contributed by atoms with Crippen molar-refractivity contribution >= 4 is 34.0 Å². The number of rotatable bonds is 4. The largest absolute Gasteiger partial charge is 0.333 e. The number of carbonyl (C=O) groups excluding carboxylic acids is 1. The maximum absolute atomic E-state index is 12.6. The molecule has 0 aliphatic carbocycles. The highest BCUT2D eigenvalue weighted by Crippen LogP contribution is 2.20. The summed E-state index contributed by atoms with van der Waals surface area (Å²) in [6, 6.07) is 13.4. The zero-order valence-corrected chi connectivity index (χ0v) is 16.9. The van der Waals surface area contributed by atoms with Gasteiger partial charge in [-0.25, -0.2) is 8.42 Å². The predicted octanol–water partition coefficient (Wildman–Crippen LogP) is 2.65. The maximum atomic E-state index is 12.6. The van der Waals surface area contributed by atoms with Crippen molar-refractivity contribution in [1.29, 1.82) is 0 Å². The van der Waals surface area contributed by atoms with Crippen molar-refractivity contribution in [3.8, 4) is 0 Å². The lowest BCUT2D eigenvalue weighted by atomic mass is 10.1. The zero-order chi connectivity index (χ0) is 18.7. The first-order chi connectivity index (χ1) is 12.4. The van der Waals surface area contributed by atoms with Gasteiger partial charge in [0.25, 0.3) is 15.9 Å². The number of hydrogen-bond acceptors (Lipinski definition) is 4. The molecule has 0 aromatic heterocycles. The summed E-state index contributed by atoms with van der Waals surface area (Å²) in [5, 5.41) is 3.25. The van der Waals surface area contributed by atoms with Crippen LogP contribution in [0.5, 0.6) is 0 Å². The van der Waals surface area contributed by atoms with E-state index in [-0.39, 0.29) is 29.3 Å². The number of piperazine rings is 1. The molecule has 1 amide bonds. The first-order valence-corrected chi connectivity index (χ1v) is 10.1. The third-order valence-electron chi connectivity index (χ3n) is 4.56. The molecule has 0 radical (unpaired) electrons. The molecule has 1 heterocycles. The van der Waals surface area contributed by atoms with Gasteiger partial charge in [0.15, 0.2) is 0 Å². The normalized spacial score (nSPS) is 17.1. The van der Waals surface area contributed by atoms with E-state index < -0.39 is 10.0 Å². The lowest BCUT2D eigenvalue weighted by molar-refractivity contribution is 0.0655. The van der Waals surface area contributed by atoms with Gasteiger partial charge < -0.3 is 10.2 Å². The minimum absolute atomic E-state index is 0. The summed E-state index contributed by atoms with van der Waals surface area (Å²) in [4.78, 5) is 14.6. The minimum Gasteiger partial charge on any atom is -0.333 e. The van der Waals surface area contributed by atoms with Crippen LogP contribution in [0.25, 0.3) is 0 Å². The van der Waals surface area contributed by atoms with Gasteiger partial charge in [-0.2, -0.15) is 0 Å². The number of anilines is 1. The fourth-order valence-corrected chi connectivity index (χ4v) is 4.11. The average molecular weight is 410 g/mol. The van der Waals surface area contributed by atoms with E-state index >= 15 is 0 Å². The molecule has 146 valence electrons. The number of nitrogens with zero attached hydrogens (tertiary/aromatic N) is 1. The topological polar surface area (TPSA) is 78.5 Å². The number of sulfonamides is 1. The second-order valence-corrected chi connectivity index (χ2v) is 8.18. The van der Waals surface area contributed by atoms with E-state index in [2.05, 4.69) is 10.0 Å². The number of amides is 1. The Hall–Kier alpha value is -2.09. The summed E-state index contributed by atoms with van der Waals surface area (Å²) in [6.45, 7) is 6.01. The Morgan fingerprint density at radius 1 is 1.15 bits per heavy atom. The molecule has 8 heteroatoms. The fourth-order valence-electron chi connectivity index (χ4n) is 2.98. The summed E-state index contributed by atoms with van der Waals surface area (Å²) in [6.07, 6.45) is 0. The van der Waals surface area contributed by atoms with Gasteiger partial charge in [-0.15, -0.1) is 12.4 Å². The van der Waals surface area contributed by atoms with Crippen molar-refractivity contribution in [2.45, 2.75) is 24.8 Å². The standard InChI is InChI=1S/C19H23N3O3S.ClH/c1-14-5-3-4-6-18(14)21-26(24,25)17-9-7-16(8-10-17)19(23)22-12-11-20-13-15(22)2;/h3-10,15,20-21H,11-13H2,1-2H3;1H. The third kappa shape index (κ3) is 4.80. The van der Waals surface area contributed by atoms with Crippen LogP contribution in [0.1, 0.15) is 22.8 Å². The summed E-state index contributed by atoms with van der Waals surface area (Å²) in [5.74, 6) is -0.0742. The molecule has 27 heavy (non-hydrogen) atoms. The van der Waals surface area contributed by atoms with Crippen LogP contribution in [0, 0.1) is 6.92 Å². The number of para-hydroxylation sites is 1.